The predicted molar refractivity (Wildman–Crippen MR) is 90.5 cm³/mol. The van der Waals surface area contributed by atoms with Gasteiger partial charge in [-0.25, -0.2) is 8.42 Å². The van der Waals surface area contributed by atoms with Crippen molar-refractivity contribution < 1.29 is 8.42 Å². The molecule has 0 amide bonds. The lowest BCUT2D eigenvalue weighted by molar-refractivity contribution is 0.466. The second-order valence-corrected chi connectivity index (χ2v) is 7.63. The summed E-state index contributed by atoms with van der Waals surface area (Å²) in [5.74, 6) is 0. The van der Waals surface area contributed by atoms with Gasteiger partial charge in [-0.15, -0.1) is 0 Å². The lowest BCUT2D eigenvalue weighted by atomic mass is 10.1. The molecule has 3 rings (SSSR count). The van der Waals surface area contributed by atoms with E-state index in [1.807, 2.05) is 44.3 Å². The number of hydrogen-bond donors (Lipinski definition) is 0. The number of fused-ring (bicyclic) bond motifs is 1. The normalized spacial score (nSPS) is 12.2. The average Bonchev–Trinajstić information content (AvgIpc) is 2.86. The third-order valence-corrected chi connectivity index (χ3v) is 6.03. The molecule has 0 unspecified atom stereocenters. The Bertz CT molecular complexity index is 956. The molecular formula is C17H19N3O2S. The van der Waals surface area contributed by atoms with Crippen LogP contribution in [0.25, 0.3) is 10.8 Å². The molecule has 0 aliphatic rings. The molecule has 23 heavy (non-hydrogen) atoms. The van der Waals surface area contributed by atoms with E-state index in [0.29, 0.717) is 11.4 Å². The number of sulfonamides is 1. The topological polar surface area (TPSA) is 55.2 Å². The van der Waals surface area contributed by atoms with E-state index in [1.54, 1.807) is 30.1 Å². The molecule has 0 bridgehead atoms. The van der Waals surface area contributed by atoms with Gasteiger partial charge in [0.25, 0.3) is 0 Å². The lowest BCUT2D eigenvalue weighted by Crippen LogP contribution is -2.26. The van der Waals surface area contributed by atoms with Gasteiger partial charge in [-0.2, -0.15) is 9.40 Å². The molecular weight excluding hydrogens is 310 g/mol. The fourth-order valence-corrected chi connectivity index (χ4v) is 3.97. The second-order valence-electron chi connectivity index (χ2n) is 5.62. The summed E-state index contributed by atoms with van der Waals surface area (Å²) in [6, 6.07) is 12.9. The Morgan fingerprint density at radius 1 is 1.13 bits per heavy atom. The van der Waals surface area contributed by atoms with Gasteiger partial charge in [0.15, 0.2) is 0 Å². The van der Waals surface area contributed by atoms with E-state index in [2.05, 4.69) is 5.10 Å². The highest BCUT2D eigenvalue weighted by molar-refractivity contribution is 7.89. The minimum absolute atomic E-state index is 0.297. The van der Waals surface area contributed by atoms with Gasteiger partial charge in [0, 0.05) is 37.3 Å². The molecule has 3 aromatic rings. The average molecular weight is 329 g/mol. The Labute approximate surface area is 136 Å². The van der Waals surface area contributed by atoms with E-state index >= 15 is 0 Å². The fraction of sp³-hybridized carbons (Fsp3) is 0.235. The lowest BCUT2D eigenvalue weighted by Gasteiger charge is -2.18. The van der Waals surface area contributed by atoms with Crippen LogP contribution in [0.15, 0.2) is 53.6 Å². The van der Waals surface area contributed by atoms with Crippen LogP contribution in [-0.4, -0.2) is 29.6 Å². The number of aryl methyl sites for hydroxylation is 1. The number of rotatable bonds is 4. The third kappa shape index (κ3) is 2.75. The van der Waals surface area contributed by atoms with Crippen LogP contribution >= 0.6 is 0 Å². The molecule has 0 N–H and O–H groups in total. The van der Waals surface area contributed by atoms with E-state index in [9.17, 15) is 8.42 Å². The first-order valence-corrected chi connectivity index (χ1v) is 8.77. The Morgan fingerprint density at radius 3 is 2.52 bits per heavy atom. The molecule has 1 aromatic heterocycles. The molecule has 5 nitrogen and oxygen atoms in total. The summed E-state index contributed by atoms with van der Waals surface area (Å²) >= 11 is 0. The molecule has 0 saturated carbocycles. The molecule has 2 aromatic carbocycles. The Hall–Kier alpha value is -2.18. The van der Waals surface area contributed by atoms with E-state index in [-0.39, 0.29) is 0 Å². The second kappa shape index (κ2) is 5.79. The summed E-state index contributed by atoms with van der Waals surface area (Å²) in [5.41, 5.74) is 1.86. The van der Waals surface area contributed by atoms with Crippen LogP contribution in [0.3, 0.4) is 0 Å². The Balaban J connectivity index is 2.01. The van der Waals surface area contributed by atoms with Crippen LogP contribution in [0.2, 0.25) is 0 Å². The van der Waals surface area contributed by atoms with Crippen LogP contribution in [0, 0.1) is 6.92 Å². The Morgan fingerprint density at radius 2 is 1.83 bits per heavy atom. The summed E-state index contributed by atoms with van der Waals surface area (Å²) < 4.78 is 29.1. The molecule has 1 heterocycles. The van der Waals surface area contributed by atoms with Gasteiger partial charge in [0.1, 0.15) is 0 Å². The van der Waals surface area contributed by atoms with Crippen molar-refractivity contribution in [3.63, 3.8) is 0 Å². The summed E-state index contributed by atoms with van der Waals surface area (Å²) in [6.45, 7) is 2.23. The van der Waals surface area contributed by atoms with Crippen LogP contribution < -0.4 is 0 Å². The molecule has 0 aliphatic carbocycles. The van der Waals surface area contributed by atoms with Crippen molar-refractivity contribution in [2.45, 2.75) is 18.4 Å². The van der Waals surface area contributed by atoms with Gasteiger partial charge in [-0.1, -0.05) is 36.4 Å². The standard InChI is InChI=1S/C17H19N3O2S/c1-13-15(11-18-20(13)3)12-19(2)23(21,22)17-10-6-8-14-7-4-5-9-16(14)17/h4-11H,12H2,1-3H3. The van der Waals surface area contributed by atoms with Crippen molar-refractivity contribution in [2.24, 2.45) is 7.05 Å². The molecule has 6 heteroatoms. The number of nitrogens with zero attached hydrogens (tertiary/aromatic N) is 3. The number of benzene rings is 2. The van der Waals surface area contributed by atoms with Crippen molar-refractivity contribution in [3.05, 3.63) is 59.9 Å². The SMILES string of the molecule is Cc1c(CN(C)S(=O)(=O)c2cccc3ccccc23)cnn1C. The first-order valence-electron chi connectivity index (χ1n) is 7.33. The predicted octanol–water partition coefficient (Wildman–Crippen LogP) is 2.70. The maximum Gasteiger partial charge on any atom is 0.243 e. The van der Waals surface area contributed by atoms with E-state index < -0.39 is 10.0 Å². The monoisotopic (exact) mass is 329 g/mol. The highest BCUT2D eigenvalue weighted by Gasteiger charge is 2.24. The zero-order valence-corrected chi connectivity index (χ0v) is 14.2. The van der Waals surface area contributed by atoms with Crippen LogP contribution in [0.1, 0.15) is 11.3 Å². The van der Waals surface area contributed by atoms with Crippen LogP contribution in [0.5, 0.6) is 0 Å². The molecule has 0 saturated heterocycles. The third-order valence-electron chi connectivity index (χ3n) is 4.17. The van der Waals surface area contributed by atoms with Gasteiger partial charge < -0.3 is 0 Å². The quantitative estimate of drug-likeness (QED) is 0.739. The summed E-state index contributed by atoms with van der Waals surface area (Å²) in [5, 5.41) is 5.83. The van der Waals surface area contributed by atoms with Crippen LogP contribution in [0.4, 0.5) is 0 Å². The van der Waals surface area contributed by atoms with Crippen molar-refractivity contribution in [1.29, 1.82) is 0 Å². The molecule has 0 atom stereocenters. The highest BCUT2D eigenvalue weighted by Crippen LogP contribution is 2.26. The summed E-state index contributed by atoms with van der Waals surface area (Å²) in [4.78, 5) is 0.333. The maximum absolute atomic E-state index is 13.0. The number of aromatic nitrogens is 2. The maximum atomic E-state index is 13.0. The molecule has 0 radical (unpaired) electrons. The zero-order chi connectivity index (χ0) is 16.6. The molecule has 0 fully saturated rings. The first-order chi connectivity index (χ1) is 10.9. The van der Waals surface area contributed by atoms with E-state index in [4.69, 9.17) is 0 Å². The molecule has 0 aliphatic heterocycles. The van der Waals surface area contributed by atoms with Crippen LogP contribution in [-0.2, 0) is 23.6 Å². The minimum atomic E-state index is -3.57. The van der Waals surface area contributed by atoms with Gasteiger partial charge in [0.2, 0.25) is 10.0 Å². The van der Waals surface area contributed by atoms with Gasteiger partial charge in [0.05, 0.1) is 11.1 Å². The van der Waals surface area contributed by atoms with Gasteiger partial charge in [-0.3, -0.25) is 4.68 Å². The minimum Gasteiger partial charge on any atom is -0.273 e. The summed E-state index contributed by atoms with van der Waals surface area (Å²) in [6.07, 6.45) is 1.71. The van der Waals surface area contributed by atoms with Crippen molar-refractivity contribution in [1.82, 2.24) is 14.1 Å². The molecule has 0 spiro atoms. The van der Waals surface area contributed by atoms with E-state index in [0.717, 1.165) is 22.0 Å². The van der Waals surface area contributed by atoms with Gasteiger partial charge >= 0.3 is 0 Å². The summed E-state index contributed by atoms with van der Waals surface area (Å²) in [7, 11) is -0.129. The fourth-order valence-electron chi connectivity index (χ4n) is 2.61. The van der Waals surface area contributed by atoms with Gasteiger partial charge in [-0.05, 0) is 18.4 Å². The largest absolute Gasteiger partial charge is 0.273 e. The van der Waals surface area contributed by atoms with E-state index in [1.165, 1.54) is 4.31 Å². The highest BCUT2D eigenvalue weighted by atomic mass is 32.2. The zero-order valence-electron chi connectivity index (χ0n) is 13.4. The van der Waals surface area contributed by atoms with Crippen molar-refractivity contribution >= 4 is 20.8 Å². The van der Waals surface area contributed by atoms with Crippen molar-refractivity contribution in [2.75, 3.05) is 7.05 Å². The Kier molecular flexibility index (Phi) is 3.95. The number of hydrogen-bond acceptors (Lipinski definition) is 3. The first kappa shape index (κ1) is 15.7. The van der Waals surface area contributed by atoms with Crippen molar-refractivity contribution in [3.8, 4) is 0 Å². The smallest absolute Gasteiger partial charge is 0.243 e. The molecule has 120 valence electrons.